The zero-order chi connectivity index (χ0) is 26.9. The van der Waals surface area contributed by atoms with Crippen molar-refractivity contribution < 1.29 is 33.3 Å². The molecule has 1 atom stereocenters. The van der Waals surface area contributed by atoms with Gasteiger partial charge in [0.25, 0.3) is 0 Å². The number of primary amides is 1. The predicted molar refractivity (Wildman–Crippen MR) is 135 cm³/mol. The van der Waals surface area contributed by atoms with Crippen molar-refractivity contribution in [3.05, 3.63) is 58.6 Å². The predicted octanol–water partition coefficient (Wildman–Crippen LogP) is 2.39. The molecule has 1 fully saturated rings. The third-order valence-electron chi connectivity index (χ3n) is 5.73. The average Bonchev–Trinajstić information content (AvgIpc) is 2.89. The van der Waals surface area contributed by atoms with E-state index in [-0.39, 0.29) is 10.8 Å². The van der Waals surface area contributed by atoms with Crippen LogP contribution >= 0.6 is 0 Å². The molecule has 198 valence electrons. The Bertz CT molecular complexity index is 1270. The first-order valence-corrected chi connectivity index (χ1v) is 11.7. The van der Waals surface area contributed by atoms with Crippen molar-refractivity contribution in [2.45, 2.75) is 19.4 Å². The zero-order valence-corrected chi connectivity index (χ0v) is 20.7. The SMILES string of the molecule is CCCOc1ccc(F)c2c(=O)c(-c3ccc(OC)cc3)c[nH]c12.NC(=O)C(C(=O)O)N1CCOCC1. The van der Waals surface area contributed by atoms with Crippen molar-refractivity contribution in [1.29, 1.82) is 0 Å². The third kappa shape index (κ3) is 6.63. The van der Waals surface area contributed by atoms with E-state index in [0.29, 0.717) is 61.1 Å². The Morgan fingerprint density at radius 2 is 1.86 bits per heavy atom. The highest BCUT2D eigenvalue weighted by Gasteiger charge is 2.31. The maximum Gasteiger partial charge on any atom is 0.330 e. The van der Waals surface area contributed by atoms with Gasteiger partial charge in [-0.25, -0.2) is 9.18 Å². The molecule has 1 unspecified atom stereocenters. The summed E-state index contributed by atoms with van der Waals surface area (Å²) in [5, 5.41) is 8.72. The number of hydrogen-bond acceptors (Lipinski definition) is 7. The van der Waals surface area contributed by atoms with Crippen LogP contribution in [0.1, 0.15) is 13.3 Å². The van der Waals surface area contributed by atoms with E-state index in [1.54, 1.807) is 37.6 Å². The van der Waals surface area contributed by atoms with Crippen LogP contribution in [0.25, 0.3) is 22.0 Å². The summed E-state index contributed by atoms with van der Waals surface area (Å²) in [6.45, 7) is 4.23. The quantitative estimate of drug-likeness (QED) is 0.388. The topological polar surface area (TPSA) is 144 Å². The Morgan fingerprint density at radius 1 is 1.19 bits per heavy atom. The van der Waals surface area contributed by atoms with Crippen LogP contribution in [0.2, 0.25) is 0 Å². The lowest BCUT2D eigenvalue weighted by molar-refractivity contribution is -0.149. The molecule has 11 heteroatoms. The number of carbonyl (C=O) groups is 2. The van der Waals surface area contributed by atoms with E-state index >= 15 is 0 Å². The smallest absolute Gasteiger partial charge is 0.330 e. The summed E-state index contributed by atoms with van der Waals surface area (Å²) in [7, 11) is 1.57. The highest BCUT2D eigenvalue weighted by molar-refractivity contribution is 6.00. The normalized spacial score (nSPS) is 14.4. The summed E-state index contributed by atoms with van der Waals surface area (Å²) in [5.41, 5.74) is 6.07. The molecule has 10 nitrogen and oxygen atoms in total. The molecule has 1 aliphatic rings. The van der Waals surface area contributed by atoms with Crippen molar-refractivity contribution in [3.8, 4) is 22.6 Å². The lowest BCUT2D eigenvalue weighted by atomic mass is 10.0. The second-order valence-corrected chi connectivity index (χ2v) is 8.20. The van der Waals surface area contributed by atoms with Crippen molar-refractivity contribution in [3.63, 3.8) is 0 Å². The van der Waals surface area contributed by atoms with Crippen LogP contribution in [-0.2, 0) is 14.3 Å². The largest absolute Gasteiger partial charge is 0.497 e. The minimum atomic E-state index is -1.22. The average molecular weight is 516 g/mol. The molecule has 37 heavy (non-hydrogen) atoms. The number of pyridine rings is 1. The maximum atomic E-state index is 14.3. The van der Waals surface area contributed by atoms with Gasteiger partial charge in [0.2, 0.25) is 5.91 Å². The number of halogens is 1. The molecular formula is C26H30FN3O7. The lowest BCUT2D eigenvalue weighted by Crippen LogP contribution is -2.53. The van der Waals surface area contributed by atoms with Crippen molar-refractivity contribution in [2.24, 2.45) is 5.73 Å². The number of nitrogens with one attached hydrogen (secondary N) is 1. The fourth-order valence-corrected chi connectivity index (χ4v) is 3.88. The van der Waals surface area contributed by atoms with Crippen LogP contribution in [0.3, 0.4) is 0 Å². The number of aromatic nitrogens is 1. The maximum absolute atomic E-state index is 14.3. The van der Waals surface area contributed by atoms with Crippen LogP contribution in [0, 0.1) is 5.82 Å². The van der Waals surface area contributed by atoms with Crippen molar-refractivity contribution in [1.82, 2.24) is 9.88 Å². The number of fused-ring (bicyclic) bond motifs is 1. The van der Waals surface area contributed by atoms with Gasteiger partial charge in [-0.3, -0.25) is 14.5 Å². The first-order chi connectivity index (χ1) is 17.8. The van der Waals surface area contributed by atoms with E-state index < -0.39 is 23.7 Å². The van der Waals surface area contributed by atoms with Crippen molar-refractivity contribution >= 4 is 22.8 Å². The Kier molecular flexibility index (Phi) is 9.58. The second-order valence-electron chi connectivity index (χ2n) is 8.20. The van der Waals surface area contributed by atoms with Gasteiger partial charge in [0.1, 0.15) is 17.3 Å². The molecule has 0 saturated carbocycles. The van der Waals surface area contributed by atoms with Crippen LogP contribution in [0.5, 0.6) is 11.5 Å². The number of methoxy groups -OCH3 is 1. The summed E-state index contributed by atoms with van der Waals surface area (Å²) in [5.74, 6) is -1.42. The molecule has 1 amide bonds. The molecule has 1 saturated heterocycles. The second kappa shape index (κ2) is 12.8. The number of carbonyl (C=O) groups excluding carboxylic acids is 1. The van der Waals surface area contributed by atoms with Gasteiger partial charge in [0.05, 0.1) is 37.8 Å². The Balaban J connectivity index is 0.000000248. The van der Waals surface area contributed by atoms with Gasteiger partial charge in [-0.15, -0.1) is 0 Å². The van der Waals surface area contributed by atoms with Crippen molar-refractivity contribution in [2.75, 3.05) is 40.0 Å². The number of ether oxygens (including phenoxy) is 3. The standard InChI is InChI=1S/C19H18FNO3.C7H12N2O4/c1-3-10-24-16-9-8-15(20)17-18(16)21-11-14(19(17)22)12-4-6-13(23-2)7-5-12;8-6(10)5(7(11)12)9-1-3-13-4-2-9/h4-9,11H,3,10H2,1-2H3,(H,21,22);5H,1-4H2,(H2,8,10)(H,11,12). The molecule has 1 aromatic heterocycles. The monoisotopic (exact) mass is 515 g/mol. The number of carboxylic acid groups (broad SMARTS) is 1. The molecule has 3 aromatic rings. The molecular weight excluding hydrogens is 485 g/mol. The summed E-state index contributed by atoms with van der Waals surface area (Å²) in [6, 6.07) is 8.64. The number of morpholine rings is 1. The Morgan fingerprint density at radius 3 is 2.43 bits per heavy atom. The summed E-state index contributed by atoms with van der Waals surface area (Å²) >= 11 is 0. The molecule has 0 radical (unpaired) electrons. The van der Waals surface area contributed by atoms with Crippen LogP contribution < -0.4 is 20.6 Å². The minimum Gasteiger partial charge on any atom is -0.497 e. The third-order valence-corrected chi connectivity index (χ3v) is 5.73. The number of carboxylic acids is 1. The van der Waals surface area contributed by atoms with E-state index in [2.05, 4.69) is 4.98 Å². The molecule has 2 aromatic carbocycles. The minimum absolute atomic E-state index is 0.0110. The molecule has 4 rings (SSSR count). The van der Waals surface area contributed by atoms with E-state index in [0.717, 1.165) is 6.42 Å². The number of nitrogens with zero attached hydrogens (tertiary/aromatic N) is 1. The molecule has 4 N–H and O–H groups in total. The number of amides is 1. The Labute approximate surface area is 212 Å². The first kappa shape index (κ1) is 27.6. The first-order valence-electron chi connectivity index (χ1n) is 11.7. The summed E-state index contributed by atoms with van der Waals surface area (Å²) in [4.78, 5) is 38.8. The zero-order valence-electron chi connectivity index (χ0n) is 20.7. The molecule has 0 aliphatic carbocycles. The fourth-order valence-electron chi connectivity index (χ4n) is 3.88. The molecule has 2 heterocycles. The van der Waals surface area contributed by atoms with E-state index in [9.17, 15) is 18.8 Å². The van der Waals surface area contributed by atoms with Gasteiger partial charge in [0, 0.05) is 24.8 Å². The van der Waals surface area contributed by atoms with Crippen LogP contribution in [-0.4, -0.2) is 72.9 Å². The summed E-state index contributed by atoms with van der Waals surface area (Å²) < 4.78 is 30.0. The van der Waals surface area contributed by atoms with Gasteiger partial charge >= 0.3 is 5.97 Å². The number of aromatic amines is 1. The van der Waals surface area contributed by atoms with Crippen LogP contribution in [0.4, 0.5) is 4.39 Å². The Hall–Kier alpha value is -3.96. The number of aliphatic carboxylic acids is 1. The van der Waals surface area contributed by atoms with Gasteiger partial charge in [-0.2, -0.15) is 0 Å². The fraction of sp³-hybridized carbons (Fsp3) is 0.346. The van der Waals surface area contributed by atoms with E-state index in [1.807, 2.05) is 6.92 Å². The van der Waals surface area contributed by atoms with E-state index in [4.69, 9.17) is 25.1 Å². The highest BCUT2D eigenvalue weighted by Crippen LogP contribution is 2.27. The number of hydrogen-bond donors (Lipinski definition) is 3. The number of rotatable bonds is 8. The number of benzene rings is 2. The lowest BCUT2D eigenvalue weighted by Gasteiger charge is -2.29. The molecule has 0 bridgehead atoms. The van der Waals surface area contributed by atoms with Gasteiger partial charge in [-0.1, -0.05) is 19.1 Å². The number of H-pyrrole nitrogens is 1. The van der Waals surface area contributed by atoms with Crippen LogP contribution in [0.15, 0.2) is 47.4 Å². The van der Waals surface area contributed by atoms with E-state index in [1.165, 1.54) is 17.0 Å². The molecule has 0 spiro atoms. The van der Waals surface area contributed by atoms with Gasteiger partial charge < -0.3 is 30.0 Å². The van der Waals surface area contributed by atoms with Gasteiger partial charge in [0.15, 0.2) is 11.5 Å². The summed E-state index contributed by atoms with van der Waals surface area (Å²) in [6.07, 6.45) is 2.41. The highest BCUT2D eigenvalue weighted by atomic mass is 19.1. The molecule has 1 aliphatic heterocycles. The number of nitrogens with two attached hydrogens (primary N) is 1. The van der Waals surface area contributed by atoms with Gasteiger partial charge in [-0.05, 0) is 36.2 Å².